The minimum atomic E-state index is -4.04. The molecule has 1 aliphatic rings. The van der Waals surface area contributed by atoms with E-state index in [4.69, 9.17) is 0 Å². The van der Waals surface area contributed by atoms with E-state index in [0.717, 1.165) is 16.4 Å². The van der Waals surface area contributed by atoms with Gasteiger partial charge < -0.3 is 10.2 Å². The average molecular weight is 396 g/mol. The second kappa shape index (κ2) is 7.22. The first kappa shape index (κ1) is 19.5. The molecule has 25 heavy (non-hydrogen) atoms. The molecule has 140 valence electrons. The third-order valence-corrected chi connectivity index (χ3v) is 6.51. The van der Waals surface area contributed by atoms with Crippen molar-refractivity contribution in [3.63, 3.8) is 0 Å². The first-order valence-corrected chi connectivity index (χ1v) is 10.9. The van der Waals surface area contributed by atoms with Crippen molar-refractivity contribution >= 4 is 31.7 Å². The maximum Gasteiger partial charge on any atom is 0.330 e. The van der Waals surface area contributed by atoms with Crippen LogP contribution in [0.2, 0.25) is 0 Å². The lowest BCUT2D eigenvalue weighted by atomic mass is 10.3. The predicted octanol–water partition coefficient (Wildman–Crippen LogP) is 1.09. The Morgan fingerprint density at radius 2 is 1.72 bits per heavy atom. The number of rotatable bonds is 3. The molecule has 0 unspecified atom stereocenters. The molecule has 1 fully saturated rings. The van der Waals surface area contributed by atoms with Crippen LogP contribution in [0.3, 0.4) is 0 Å². The molecule has 0 aliphatic carbocycles. The largest absolute Gasteiger partial charge is 0.330 e. The van der Waals surface area contributed by atoms with Crippen molar-refractivity contribution in [3.8, 4) is 0 Å². The maximum absolute atomic E-state index is 13.6. The number of halogens is 2. The second-order valence-electron chi connectivity index (χ2n) is 5.67. The Bertz CT molecular complexity index is 881. The average Bonchev–Trinajstić information content (AvgIpc) is 2.48. The number of benzene rings is 1. The van der Waals surface area contributed by atoms with Gasteiger partial charge in [0, 0.05) is 44.8 Å². The maximum atomic E-state index is 13.6. The van der Waals surface area contributed by atoms with E-state index in [1.54, 1.807) is 0 Å². The molecule has 8 nitrogen and oxygen atoms in total. The van der Waals surface area contributed by atoms with E-state index in [-0.39, 0.29) is 31.9 Å². The number of carbonyl (C=O) groups is 1. The van der Waals surface area contributed by atoms with Gasteiger partial charge >= 0.3 is 16.2 Å². The van der Waals surface area contributed by atoms with E-state index >= 15 is 0 Å². The number of hydrogen-bond donors (Lipinski definition) is 1. The molecule has 2 amide bonds. The summed E-state index contributed by atoms with van der Waals surface area (Å²) in [6.45, 7) is 0.0530. The summed E-state index contributed by atoms with van der Waals surface area (Å²) in [4.78, 5) is 13.4. The molecule has 1 heterocycles. The van der Waals surface area contributed by atoms with E-state index in [9.17, 15) is 26.2 Å². The van der Waals surface area contributed by atoms with Crippen molar-refractivity contribution < 1.29 is 26.2 Å². The van der Waals surface area contributed by atoms with E-state index < -0.39 is 37.6 Å². The van der Waals surface area contributed by atoms with Crippen LogP contribution in [0, 0.1) is 11.6 Å². The minimum Gasteiger partial charge on any atom is -0.322 e. The lowest BCUT2D eigenvalue weighted by Gasteiger charge is -2.32. The van der Waals surface area contributed by atoms with Gasteiger partial charge in [0.1, 0.15) is 11.6 Å². The SMILES string of the molecule is CS(C)(=O)=NS(=O)(=O)N1CCN(C(=O)Nc2ccc(F)cc2F)CC1. The summed E-state index contributed by atoms with van der Waals surface area (Å²) >= 11 is 0. The van der Waals surface area contributed by atoms with Crippen LogP contribution in [0.4, 0.5) is 19.3 Å². The van der Waals surface area contributed by atoms with Crippen molar-refractivity contribution in [3.05, 3.63) is 29.8 Å². The predicted molar refractivity (Wildman–Crippen MR) is 89.9 cm³/mol. The molecular weight excluding hydrogens is 378 g/mol. The van der Waals surface area contributed by atoms with Crippen molar-refractivity contribution in [1.29, 1.82) is 0 Å². The van der Waals surface area contributed by atoms with Gasteiger partial charge in [-0.2, -0.15) is 12.7 Å². The molecule has 1 aliphatic heterocycles. The number of carbonyl (C=O) groups excluding carboxylic acids is 1. The van der Waals surface area contributed by atoms with Gasteiger partial charge in [0.2, 0.25) is 0 Å². The van der Waals surface area contributed by atoms with E-state index in [1.807, 2.05) is 0 Å². The third kappa shape index (κ3) is 5.34. The lowest BCUT2D eigenvalue weighted by Crippen LogP contribution is -2.51. The molecule has 2 rings (SSSR count). The van der Waals surface area contributed by atoms with Gasteiger partial charge in [0.05, 0.1) is 15.4 Å². The third-order valence-electron chi connectivity index (χ3n) is 3.30. The van der Waals surface area contributed by atoms with Crippen LogP contribution < -0.4 is 5.32 Å². The second-order valence-corrected chi connectivity index (χ2v) is 10.0. The molecule has 1 saturated heterocycles. The molecule has 1 N–H and O–H groups in total. The van der Waals surface area contributed by atoms with Gasteiger partial charge in [0.15, 0.2) is 0 Å². The van der Waals surface area contributed by atoms with Crippen LogP contribution >= 0.6 is 0 Å². The van der Waals surface area contributed by atoms with Gasteiger partial charge in [0.25, 0.3) is 0 Å². The summed E-state index contributed by atoms with van der Waals surface area (Å²) in [5.74, 6) is -1.67. The molecule has 0 aromatic heterocycles. The smallest absolute Gasteiger partial charge is 0.322 e. The van der Waals surface area contributed by atoms with Crippen LogP contribution in [0.15, 0.2) is 22.0 Å². The molecule has 1 aromatic carbocycles. The summed E-state index contributed by atoms with van der Waals surface area (Å²) < 4.78 is 66.4. The highest BCUT2D eigenvalue weighted by molar-refractivity contribution is 8.01. The number of hydrogen-bond acceptors (Lipinski definition) is 4. The highest BCUT2D eigenvalue weighted by Gasteiger charge is 2.29. The summed E-state index contributed by atoms with van der Waals surface area (Å²) in [6.07, 6.45) is 2.43. The van der Waals surface area contributed by atoms with E-state index in [1.165, 1.54) is 17.4 Å². The minimum absolute atomic E-state index is 0.0271. The number of piperazine rings is 1. The number of anilines is 1. The summed E-state index contributed by atoms with van der Waals surface area (Å²) in [6, 6.07) is 2.13. The summed E-state index contributed by atoms with van der Waals surface area (Å²) in [7, 11) is -6.87. The van der Waals surface area contributed by atoms with Crippen molar-refractivity contribution in [2.24, 2.45) is 3.77 Å². The quantitative estimate of drug-likeness (QED) is 0.827. The van der Waals surface area contributed by atoms with Gasteiger partial charge in [-0.15, -0.1) is 0 Å². The molecule has 0 spiro atoms. The number of nitrogens with one attached hydrogen (secondary N) is 1. The Labute approximate surface area is 145 Å². The highest BCUT2D eigenvalue weighted by Crippen LogP contribution is 2.17. The number of amides is 2. The molecule has 0 saturated carbocycles. The van der Waals surface area contributed by atoms with Crippen LogP contribution in [0.5, 0.6) is 0 Å². The van der Waals surface area contributed by atoms with Gasteiger partial charge in [-0.25, -0.2) is 17.8 Å². The molecule has 0 atom stereocenters. The van der Waals surface area contributed by atoms with Gasteiger partial charge in [-0.05, 0) is 12.1 Å². The Hall–Kier alpha value is -1.79. The molecule has 12 heteroatoms. The van der Waals surface area contributed by atoms with Gasteiger partial charge in [-0.3, -0.25) is 0 Å². The Kier molecular flexibility index (Phi) is 5.64. The Morgan fingerprint density at radius 1 is 1.12 bits per heavy atom. The zero-order valence-electron chi connectivity index (χ0n) is 13.6. The fourth-order valence-corrected chi connectivity index (χ4v) is 5.00. The van der Waals surface area contributed by atoms with Crippen molar-refractivity contribution in [2.45, 2.75) is 0 Å². The summed E-state index contributed by atoms with van der Waals surface area (Å²) in [5.41, 5.74) is -0.173. The van der Waals surface area contributed by atoms with Crippen molar-refractivity contribution in [2.75, 3.05) is 44.0 Å². The zero-order chi connectivity index (χ0) is 18.8. The van der Waals surface area contributed by atoms with E-state index in [0.29, 0.717) is 6.07 Å². The van der Waals surface area contributed by atoms with Crippen LogP contribution in [-0.2, 0) is 19.9 Å². The van der Waals surface area contributed by atoms with Crippen LogP contribution in [0.25, 0.3) is 0 Å². The first-order valence-electron chi connectivity index (χ1n) is 7.17. The molecule has 1 aromatic rings. The zero-order valence-corrected chi connectivity index (χ0v) is 15.2. The fourth-order valence-electron chi connectivity index (χ4n) is 2.18. The highest BCUT2D eigenvalue weighted by atomic mass is 32.3. The number of urea groups is 1. The lowest BCUT2D eigenvalue weighted by molar-refractivity contribution is 0.184. The first-order chi connectivity index (χ1) is 11.5. The summed E-state index contributed by atoms with van der Waals surface area (Å²) in [5, 5.41) is 2.31. The monoisotopic (exact) mass is 396 g/mol. The topological polar surface area (TPSA) is 99.2 Å². The van der Waals surface area contributed by atoms with E-state index in [2.05, 4.69) is 9.08 Å². The number of nitrogens with zero attached hydrogens (tertiary/aromatic N) is 3. The normalized spacial score (nSPS) is 16.6. The van der Waals surface area contributed by atoms with Crippen molar-refractivity contribution in [1.82, 2.24) is 9.21 Å². The standard InChI is InChI=1S/C13H18F2N4O4S2/c1-24(2,21)17-25(22,23)19-7-5-18(6-8-19)13(20)16-12-4-3-10(14)9-11(12)15/h3-4,9H,5-8H2,1-2H3,(H,16,20). The van der Waals surface area contributed by atoms with Crippen LogP contribution in [0.1, 0.15) is 0 Å². The van der Waals surface area contributed by atoms with Gasteiger partial charge in [-0.1, -0.05) is 3.77 Å². The Balaban J connectivity index is 2.00. The van der Waals surface area contributed by atoms with Crippen LogP contribution in [-0.4, -0.2) is 66.6 Å². The molecule has 0 bridgehead atoms. The molecule has 0 radical (unpaired) electrons. The molecular formula is C13H18F2N4O4S2. The Morgan fingerprint density at radius 3 is 2.24 bits per heavy atom. The fraction of sp³-hybridized carbons (Fsp3) is 0.462.